The molecule has 1 aromatic rings. The smallest absolute Gasteiger partial charge is 0.125 e. The van der Waals surface area contributed by atoms with Crippen molar-refractivity contribution in [2.75, 3.05) is 24.6 Å². The van der Waals surface area contributed by atoms with E-state index in [9.17, 15) is 0 Å². The SMILES string of the molecule is Nc1c2c(nn1C1CCCNC1)CSCC2. The zero-order valence-electron chi connectivity index (χ0n) is 9.41. The summed E-state index contributed by atoms with van der Waals surface area (Å²) in [7, 11) is 0. The lowest BCUT2D eigenvalue weighted by Crippen LogP contribution is -2.32. The van der Waals surface area contributed by atoms with Gasteiger partial charge in [0, 0.05) is 17.9 Å². The third-order valence-electron chi connectivity index (χ3n) is 3.48. The number of thioether (sulfide) groups is 1. The van der Waals surface area contributed by atoms with Crippen LogP contribution >= 0.6 is 11.8 Å². The minimum absolute atomic E-state index is 0.462. The fourth-order valence-electron chi connectivity index (χ4n) is 2.58. The van der Waals surface area contributed by atoms with Crippen molar-refractivity contribution >= 4 is 17.6 Å². The lowest BCUT2D eigenvalue weighted by atomic mass is 10.1. The highest BCUT2D eigenvalue weighted by Gasteiger charge is 2.24. The maximum absolute atomic E-state index is 6.22. The Hall–Kier alpha value is -0.680. The van der Waals surface area contributed by atoms with Crippen LogP contribution in [0.1, 0.15) is 30.1 Å². The minimum Gasteiger partial charge on any atom is -0.384 e. The molecule has 2 aliphatic rings. The van der Waals surface area contributed by atoms with Crippen LogP contribution in [0.2, 0.25) is 0 Å². The van der Waals surface area contributed by atoms with Crippen molar-refractivity contribution in [1.82, 2.24) is 15.1 Å². The van der Waals surface area contributed by atoms with Gasteiger partial charge in [-0.1, -0.05) is 0 Å². The molecule has 1 unspecified atom stereocenters. The fraction of sp³-hybridized carbons (Fsp3) is 0.727. The first kappa shape index (κ1) is 10.5. The Balaban J connectivity index is 1.91. The zero-order valence-corrected chi connectivity index (χ0v) is 10.2. The Morgan fingerprint density at radius 1 is 1.50 bits per heavy atom. The first-order chi connectivity index (χ1) is 7.86. The van der Waals surface area contributed by atoms with E-state index in [0.717, 1.165) is 31.1 Å². The molecule has 3 rings (SSSR count). The first-order valence-corrected chi connectivity index (χ1v) is 7.16. The first-order valence-electron chi connectivity index (χ1n) is 6.00. The molecule has 1 aromatic heterocycles. The molecule has 3 N–H and O–H groups in total. The normalized spacial score (nSPS) is 25.4. The number of piperidine rings is 1. The third kappa shape index (κ3) is 1.72. The highest BCUT2D eigenvalue weighted by molar-refractivity contribution is 7.98. The number of anilines is 1. The van der Waals surface area contributed by atoms with Crippen molar-refractivity contribution in [1.29, 1.82) is 0 Å². The maximum Gasteiger partial charge on any atom is 0.125 e. The van der Waals surface area contributed by atoms with Crippen LogP contribution in [0, 0.1) is 0 Å². The van der Waals surface area contributed by atoms with Crippen LogP contribution in [0.15, 0.2) is 0 Å². The van der Waals surface area contributed by atoms with E-state index < -0.39 is 0 Å². The van der Waals surface area contributed by atoms with Crippen molar-refractivity contribution in [3.63, 3.8) is 0 Å². The molecule has 0 saturated carbocycles. The molecule has 5 heteroatoms. The van der Waals surface area contributed by atoms with Gasteiger partial charge in [-0.2, -0.15) is 16.9 Å². The van der Waals surface area contributed by atoms with Crippen LogP contribution < -0.4 is 11.1 Å². The highest BCUT2D eigenvalue weighted by atomic mass is 32.2. The molecule has 0 aromatic carbocycles. The number of fused-ring (bicyclic) bond motifs is 1. The molecular weight excluding hydrogens is 220 g/mol. The highest BCUT2D eigenvalue weighted by Crippen LogP contribution is 2.31. The van der Waals surface area contributed by atoms with Gasteiger partial charge in [0.15, 0.2) is 0 Å². The molecule has 4 nitrogen and oxygen atoms in total. The van der Waals surface area contributed by atoms with Crippen LogP contribution in [-0.4, -0.2) is 28.6 Å². The Labute approximate surface area is 100.0 Å². The summed E-state index contributed by atoms with van der Waals surface area (Å²) in [6.07, 6.45) is 3.51. The molecule has 0 amide bonds. The van der Waals surface area contributed by atoms with Crippen LogP contribution in [-0.2, 0) is 12.2 Å². The molecule has 0 aliphatic carbocycles. The van der Waals surface area contributed by atoms with E-state index in [1.165, 1.54) is 29.9 Å². The second-order valence-electron chi connectivity index (χ2n) is 4.56. The molecule has 88 valence electrons. The van der Waals surface area contributed by atoms with Crippen molar-refractivity contribution in [3.8, 4) is 0 Å². The van der Waals surface area contributed by atoms with Crippen molar-refractivity contribution in [2.45, 2.75) is 31.1 Å². The summed E-state index contributed by atoms with van der Waals surface area (Å²) in [5.41, 5.74) is 8.75. The van der Waals surface area contributed by atoms with Crippen LogP contribution in [0.5, 0.6) is 0 Å². The van der Waals surface area contributed by atoms with E-state index in [0.29, 0.717) is 6.04 Å². The number of nitrogen functional groups attached to an aromatic ring is 1. The lowest BCUT2D eigenvalue weighted by Gasteiger charge is -2.24. The van der Waals surface area contributed by atoms with Crippen molar-refractivity contribution in [3.05, 3.63) is 11.3 Å². The summed E-state index contributed by atoms with van der Waals surface area (Å²) in [6, 6.07) is 0.462. The van der Waals surface area contributed by atoms with Gasteiger partial charge in [-0.25, -0.2) is 4.68 Å². The number of aromatic nitrogens is 2. The quantitative estimate of drug-likeness (QED) is 0.771. The van der Waals surface area contributed by atoms with Crippen molar-refractivity contribution < 1.29 is 0 Å². The Bertz CT molecular complexity index is 382. The van der Waals surface area contributed by atoms with Gasteiger partial charge in [0.1, 0.15) is 5.82 Å². The molecule has 2 aliphatic heterocycles. The molecule has 3 heterocycles. The average Bonchev–Trinajstić information content (AvgIpc) is 2.69. The molecule has 0 radical (unpaired) electrons. The number of rotatable bonds is 1. The third-order valence-corrected chi connectivity index (χ3v) is 4.46. The fourth-order valence-corrected chi connectivity index (χ4v) is 3.50. The van der Waals surface area contributed by atoms with Crippen LogP contribution in [0.3, 0.4) is 0 Å². The van der Waals surface area contributed by atoms with Crippen molar-refractivity contribution in [2.24, 2.45) is 0 Å². The van der Waals surface area contributed by atoms with Gasteiger partial charge in [-0.3, -0.25) is 0 Å². The summed E-state index contributed by atoms with van der Waals surface area (Å²) in [5.74, 6) is 3.14. The van der Waals surface area contributed by atoms with E-state index in [1.54, 1.807) is 0 Å². The van der Waals surface area contributed by atoms with Crippen LogP contribution in [0.4, 0.5) is 5.82 Å². The molecule has 1 fully saturated rings. The zero-order chi connectivity index (χ0) is 11.0. The van der Waals surface area contributed by atoms with E-state index in [1.807, 2.05) is 11.8 Å². The van der Waals surface area contributed by atoms with Gasteiger partial charge in [-0.15, -0.1) is 0 Å². The predicted octanol–water partition coefficient (Wildman–Crippen LogP) is 1.18. The van der Waals surface area contributed by atoms with Gasteiger partial charge in [0.25, 0.3) is 0 Å². The van der Waals surface area contributed by atoms with Gasteiger partial charge in [0.05, 0.1) is 11.7 Å². The maximum atomic E-state index is 6.22. The van der Waals surface area contributed by atoms with Gasteiger partial charge in [0.2, 0.25) is 0 Å². The Morgan fingerprint density at radius 3 is 3.19 bits per heavy atom. The second-order valence-corrected chi connectivity index (χ2v) is 5.66. The summed E-state index contributed by atoms with van der Waals surface area (Å²) >= 11 is 1.96. The summed E-state index contributed by atoms with van der Waals surface area (Å²) in [4.78, 5) is 0. The number of nitrogens with two attached hydrogens (primary N) is 1. The van der Waals surface area contributed by atoms with Gasteiger partial charge < -0.3 is 11.1 Å². The predicted molar refractivity (Wildman–Crippen MR) is 67.6 cm³/mol. The molecule has 1 atom stereocenters. The van der Waals surface area contributed by atoms with Gasteiger partial charge in [-0.05, 0) is 31.6 Å². The number of hydrogen-bond acceptors (Lipinski definition) is 4. The molecule has 0 bridgehead atoms. The molecule has 1 saturated heterocycles. The minimum atomic E-state index is 0.462. The Kier molecular flexibility index (Phi) is 2.81. The Morgan fingerprint density at radius 2 is 2.44 bits per heavy atom. The van der Waals surface area contributed by atoms with E-state index in [-0.39, 0.29) is 0 Å². The van der Waals surface area contributed by atoms with E-state index in [4.69, 9.17) is 10.8 Å². The summed E-state index contributed by atoms with van der Waals surface area (Å²) in [6.45, 7) is 2.14. The molecule has 0 spiro atoms. The topological polar surface area (TPSA) is 55.9 Å². The molecule has 16 heavy (non-hydrogen) atoms. The monoisotopic (exact) mass is 238 g/mol. The number of nitrogens with zero attached hydrogens (tertiary/aromatic N) is 2. The number of hydrogen-bond donors (Lipinski definition) is 2. The van der Waals surface area contributed by atoms with E-state index >= 15 is 0 Å². The number of nitrogens with one attached hydrogen (secondary N) is 1. The largest absolute Gasteiger partial charge is 0.384 e. The summed E-state index contributed by atoms with van der Waals surface area (Å²) in [5, 5.41) is 8.12. The average molecular weight is 238 g/mol. The molecular formula is C11H18N4S. The summed E-state index contributed by atoms with van der Waals surface area (Å²) < 4.78 is 2.07. The lowest BCUT2D eigenvalue weighted by molar-refractivity contribution is 0.349. The second kappa shape index (κ2) is 4.30. The van der Waals surface area contributed by atoms with E-state index in [2.05, 4.69) is 10.00 Å². The standard InChI is InChI=1S/C11H18N4S/c12-11-9-3-5-16-7-10(9)14-15(11)8-2-1-4-13-6-8/h8,13H,1-7,12H2. The van der Waals surface area contributed by atoms with Crippen LogP contribution in [0.25, 0.3) is 0 Å². The van der Waals surface area contributed by atoms with Gasteiger partial charge >= 0.3 is 0 Å².